The van der Waals surface area contributed by atoms with Gasteiger partial charge in [-0.2, -0.15) is 12.7 Å². The normalized spacial score (nSPS) is 25.8. The maximum absolute atomic E-state index is 12.4. The molecule has 2 atom stereocenters. The Morgan fingerprint density at radius 1 is 1.46 bits per heavy atom. The molecule has 0 spiro atoms. The summed E-state index contributed by atoms with van der Waals surface area (Å²) in [7, 11) is -5.70. The van der Waals surface area contributed by atoms with Crippen molar-refractivity contribution >= 4 is 23.4 Å². The SMILES string of the molecule is CC(C)(CN)OS(=O)(=O)N1C[C@H](CCCB(O)O)[C@](N)(C(=O)O)C1. The van der Waals surface area contributed by atoms with Gasteiger partial charge in [-0.1, -0.05) is 6.42 Å². The van der Waals surface area contributed by atoms with E-state index in [4.69, 9.17) is 25.7 Å². The summed E-state index contributed by atoms with van der Waals surface area (Å²) in [6.45, 7) is 2.44. The van der Waals surface area contributed by atoms with Crippen LogP contribution in [0.5, 0.6) is 0 Å². The molecule has 1 fully saturated rings. The molecule has 0 radical (unpaired) electrons. The summed E-state index contributed by atoms with van der Waals surface area (Å²) in [5, 5.41) is 27.2. The van der Waals surface area contributed by atoms with E-state index >= 15 is 0 Å². The lowest BCUT2D eigenvalue weighted by Crippen LogP contribution is -2.55. The molecule has 0 amide bonds. The Balaban J connectivity index is 2.91. The molecule has 0 unspecified atom stereocenters. The van der Waals surface area contributed by atoms with Gasteiger partial charge in [-0.25, -0.2) is 0 Å². The molecule has 10 nitrogen and oxygen atoms in total. The third kappa shape index (κ3) is 5.12. The van der Waals surface area contributed by atoms with Gasteiger partial charge in [-0.05, 0) is 26.6 Å². The molecule has 1 aliphatic rings. The Morgan fingerprint density at radius 2 is 2.04 bits per heavy atom. The lowest BCUT2D eigenvalue weighted by Gasteiger charge is -2.26. The average molecular weight is 367 g/mol. The number of carboxylic acid groups (broad SMARTS) is 1. The van der Waals surface area contributed by atoms with Gasteiger partial charge in [0.1, 0.15) is 5.54 Å². The van der Waals surface area contributed by atoms with Crippen LogP contribution in [0.3, 0.4) is 0 Å². The molecular weight excluding hydrogens is 341 g/mol. The zero-order valence-electron chi connectivity index (χ0n) is 13.9. The van der Waals surface area contributed by atoms with E-state index in [0.29, 0.717) is 6.42 Å². The van der Waals surface area contributed by atoms with Crippen molar-refractivity contribution in [1.29, 1.82) is 0 Å². The molecule has 0 aliphatic carbocycles. The highest BCUT2D eigenvalue weighted by Crippen LogP contribution is 2.33. The van der Waals surface area contributed by atoms with Crippen molar-refractivity contribution in [2.24, 2.45) is 17.4 Å². The zero-order chi connectivity index (χ0) is 18.8. The topological polar surface area (TPSA) is 176 Å². The number of hydrogen-bond donors (Lipinski definition) is 5. The van der Waals surface area contributed by atoms with Gasteiger partial charge in [0.2, 0.25) is 0 Å². The molecule has 1 aliphatic heterocycles. The summed E-state index contributed by atoms with van der Waals surface area (Å²) in [5.41, 5.74) is 8.51. The maximum Gasteiger partial charge on any atom is 0.451 e. The van der Waals surface area contributed by atoms with Crippen LogP contribution in [0.2, 0.25) is 6.32 Å². The molecule has 0 saturated carbocycles. The van der Waals surface area contributed by atoms with Crippen LogP contribution >= 0.6 is 0 Å². The first-order chi connectivity index (χ1) is 10.8. The van der Waals surface area contributed by atoms with Crippen LogP contribution in [-0.2, 0) is 19.3 Å². The summed E-state index contributed by atoms with van der Waals surface area (Å²) in [6.07, 6.45) is 0.597. The van der Waals surface area contributed by atoms with Gasteiger partial charge in [-0.3, -0.25) is 8.98 Å². The minimum absolute atomic E-state index is 0.0371. The Hall–Kier alpha value is -0.755. The van der Waals surface area contributed by atoms with E-state index in [1.165, 1.54) is 13.8 Å². The predicted molar refractivity (Wildman–Crippen MR) is 87.0 cm³/mol. The van der Waals surface area contributed by atoms with E-state index in [9.17, 15) is 18.3 Å². The Bertz CT molecular complexity index is 557. The molecule has 1 heterocycles. The zero-order valence-corrected chi connectivity index (χ0v) is 14.7. The van der Waals surface area contributed by atoms with Gasteiger partial charge >= 0.3 is 23.4 Å². The number of nitrogens with two attached hydrogens (primary N) is 2. The smallest absolute Gasteiger partial charge is 0.451 e. The van der Waals surface area contributed by atoms with Gasteiger partial charge < -0.3 is 26.6 Å². The minimum atomic E-state index is -4.20. The number of rotatable bonds is 9. The molecule has 0 bridgehead atoms. The van der Waals surface area contributed by atoms with Crippen molar-refractivity contribution in [3.05, 3.63) is 0 Å². The minimum Gasteiger partial charge on any atom is -0.480 e. The maximum atomic E-state index is 12.4. The molecule has 0 aromatic carbocycles. The molecule has 1 saturated heterocycles. The van der Waals surface area contributed by atoms with E-state index in [2.05, 4.69) is 0 Å². The third-order valence-corrected chi connectivity index (χ3v) is 5.71. The highest BCUT2D eigenvalue weighted by Gasteiger charge is 2.53. The molecule has 1 rings (SSSR count). The quantitative estimate of drug-likeness (QED) is 0.287. The van der Waals surface area contributed by atoms with Crippen LogP contribution in [0, 0.1) is 5.92 Å². The highest BCUT2D eigenvalue weighted by molar-refractivity contribution is 7.84. The highest BCUT2D eigenvalue weighted by atomic mass is 32.2. The van der Waals surface area contributed by atoms with Gasteiger partial charge in [0.25, 0.3) is 0 Å². The van der Waals surface area contributed by atoms with Crippen LogP contribution in [0.15, 0.2) is 0 Å². The van der Waals surface area contributed by atoms with Crippen LogP contribution < -0.4 is 11.5 Å². The summed E-state index contributed by atoms with van der Waals surface area (Å²) < 4.78 is 30.7. The average Bonchev–Trinajstić information content (AvgIpc) is 2.77. The lowest BCUT2D eigenvalue weighted by atomic mass is 9.78. The second kappa shape index (κ2) is 7.64. The monoisotopic (exact) mass is 367 g/mol. The van der Waals surface area contributed by atoms with Crippen molar-refractivity contribution in [2.45, 2.75) is 44.1 Å². The van der Waals surface area contributed by atoms with Crippen molar-refractivity contribution in [3.63, 3.8) is 0 Å². The van der Waals surface area contributed by atoms with Gasteiger partial charge in [0, 0.05) is 25.6 Å². The molecule has 7 N–H and O–H groups in total. The molecule has 0 aromatic heterocycles. The van der Waals surface area contributed by atoms with Crippen molar-refractivity contribution in [2.75, 3.05) is 19.6 Å². The van der Waals surface area contributed by atoms with E-state index < -0.39 is 47.0 Å². The van der Waals surface area contributed by atoms with E-state index in [1.807, 2.05) is 0 Å². The second-order valence-electron chi connectivity index (χ2n) is 6.75. The van der Waals surface area contributed by atoms with Crippen LogP contribution in [0.1, 0.15) is 26.7 Å². The molecule has 12 heteroatoms. The number of carboxylic acids is 1. The Labute approximate surface area is 142 Å². The standard InChI is InChI=1S/C12H26BN3O7S/c1-11(2,7-14)23-24(21,22)16-6-9(4-3-5-13(19)20)12(15,8-16)10(17)18/h9,19-20H,3-8,14-15H2,1-2H3,(H,17,18)/t9-,12-/m0/s1. The van der Waals surface area contributed by atoms with Gasteiger partial charge in [-0.15, -0.1) is 0 Å². The van der Waals surface area contributed by atoms with Crippen LogP contribution in [-0.4, -0.2) is 71.7 Å². The van der Waals surface area contributed by atoms with Crippen molar-refractivity contribution in [3.8, 4) is 0 Å². The Kier molecular flexibility index (Phi) is 6.78. The predicted octanol–water partition coefficient (Wildman–Crippen LogP) is -2.05. The van der Waals surface area contributed by atoms with Gasteiger partial charge in [0.05, 0.1) is 5.60 Å². The number of aliphatic carboxylic acids is 1. The summed E-state index contributed by atoms with van der Waals surface area (Å²) in [6, 6.07) is 0. The number of carbonyl (C=O) groups is 1. The van der Waals surface area contributed by atoms with Crippen LogP contribution in [0.4, 0.5) is 0 Å². The third-order valence-electron chi connectivity index (χ3n) is 4.14. The van der Waals surface area contributed by atoms with E-state index in [-0.39, 0.29) is 25.8 Å². The van der Waals surface area contributed by atoms with Crippen LogP contribution in [0.25, 0.3) is 0 Å². The second-order valence-corrected chi connectivity index (χ2v) is 8.29. The fraction of sp³-hybridized carbons (Fsp3) is 0.917. The fourth-order valence-corrected chi connectivity index (χ4v) is 4.05. The van der Waals surface area contributed by atoms with Crippen molar-refractivity contribution in [1.82, 2.24) is 4.31 Å². The molecule has 140 valence electrons. The largest absolute Gasteiger partial charge is 0.480 e. The molecule has 0 aromatic rings. The fourth-order valence-electron chi connectivity index (χ4n) is 2.57. The summed E-state index contributed by atoms with van der Waals surface area (Å²) in [4.78, 5) is 11.5. The van der Waals surface area contributed by atoms with Crippen molar-refractivity contribution < 1.29 is 32.5 Å². The van der Waals surface area contributed by atoms with E-state index in [0.717, 1.165) is 4.31 Å². The molecule has 24 heavy (non-hydrogen) atoms. The number of nitrogens with zero attached hydrogens (tertiary/aromatic N) is 1. The number of hydrogen-bond acceptors (Lipinski definition) is 8. The first kappa shape index (κ1) is 21.3. The summed E-state index contributed by atoms with van der Waals surface area (Å²) in [5.74, 6) is -1.99. The lowest BCUT2D eigenvalue weighted by molar-refractivity contribution is -0.144. The molecular formula is C12H26BN3O7S. The van der Waals surface area contributed by atoms with E-state index in [1.54, 1.807) is 0 Å². The first-order valence-electron chi connectivity index (χ1n) is 7.63. The Morgan fingerprint density at radius 3 is 2.50 bits per heavy atom. The van der Waals surface area contributed by atoms with Gasteiger partial charge in [0.15, 0.2) is 0 Å². The first-order valence-corrected chi connectivity index (χ1v) is 9.00. The summed E-state index contributed by atoms with van der Waals surface area (Å²) >= 11 is 0.